The van der Waals surface area contributed by atoms with E-state index in [1.165, 1.54) is 5.56 Å². The summed E-state index contributed by atoms with van der Waals surface area (Å²) in [4.78, 5) is 23.8. The molecule has 2 atom stereocenters. The van der Waals surface area contributed by atoms with Crippen molar-refractivity contribution in [3.05, 3.63) is 58.7 Å². The molecule has 0 spiro atoms. The highest BCUT2D eigenvalue weighted by Crippen LogP contribution is 2.19. The lowest BCUT2D eigenvalue weighted by atomic mass is 10.1. The number of morpholine rings is 1. The highest BCUT2D eigenvalue weighted by Gasteiger charge is 2.24. The number of amides is 1. The van der Waals surface area contributed by atoms with Crippen molar-refractivity contribution in [2.24, 2.45) is 0 Å². The molecule has 0 N–H and O–H groups in total. The second-order valence-corrected chi connectivity index (χ2v) is 8.63. The second-order valence-electron chi connectivity index (χ2n) is 8.25. The Balaban J connectivity index is 1.32. The van der Waals surface area contributed by atoms with E-state index >= 15 is 0 Å². The molecule has 2 aromatic rings. The van der Waals surface area contributed by atoms with E-state index < -0.39 is 0 Å². The van der Waals surface area contributed by atoms with Crippen molar-refractivity contribution in [1.29, 1.82) is 0 Å². The summed E-state index contributed by atoms with van der Waals surface area (Å²) in [6, 6.07) is 13.7. The minimum Gasteiger partial charge on any atom is -0.373 e. The summed E-state index contributed by atoms with van der Waals surface area (Å²) >= 11 is 6.00. The minimum absolute atomic E-state index is 0.0915. The summed E-state index contributed by atoms with van der Waals surface area (Å²) < 4.78 is 5.81. The molecule has 1 aromatic carbocycles. The fourth-order valence-corrected chi connectivity index (χ4v) is 4.48. The predicted octanol–water partition coefficient (Wildman–Crippen LogP) is 3.31. The van der Waals surface area contributed by atoms with Crippen molar-refractivity contribution in [2.75, 3.05) is 44.2 Å². The van der Waals surface area contributed by atoms with Gasteiger partial charge in [-0.15, -0.1) is 0 Å². The van der Waals surface area contributed by atoms with Crippen LogP contribution in [0.1, 0.15) is 29.8 Å². The van der Waals surface area contributed by atoms with Crippen LogP contribution in [0.2, 0.25) is 5.15 Å². The number of nitrogens with zero attached hydrogens (tertiary/aromatic N) is 4. The first-order chi connectivity index (χ1) is 14.5. The standard InChI is InChI=1S/C23H29ClN4O2/c1-17-14-26(15-18(2)30-17)16-19-6-8-20(9-7-19)23(29)28-12-10-27(11-13-28)22-5-3-4-21(24)25-22/h3-9,17-18H,10-16H2,1-2H3. The van der Waals surface area contributed by atoms with Gasteiger partial charge in [0.15, 0.2) is 0 Å². The Morgan fingerprint density at radius 1 is 1.03 bits per heavy atom. The molecule has 1 aromatic heterocycles. The van der Waals surface area contributed by atoms with E-state index in [4.69, 9.17) is 16.3 Å². The molecular formula is C23H29ClN4O2. The Labute approximate surface area is 183 Å². The molecule has 6 nitrogen and oxygen atoms in total. The molecule has 2 aliphatic heterocycles. The van der Waals surface area contributed by atoms with Crippen LogP contribution >= 0.6 is 11.6 Å². The number of carbonyl (C=O) groups is 1. The van der Waals surface area contributed by atoms with E-state index in [1.54, 1.807) is 6.07 Å². The fourth-order valence-electron chi connectivity index (χ4n) is 4.32. The van der Waals surface area contributed by atoms with Crippen molar-refractivity contribution < 1.29 is 9.53 Å². The molecule has 2 fully saturated rings. The van der Waals surface area contributed by atoms with Crippen LogP contribution in [0.4, 0.5) is 5.82 Å². The quantitative estimate of drug-likeness (QED) is 0.699. The molecule has 0 aliphatic carbocycles. The lowest BCUT2D eigenvalue weighted by molar-refractivity contribution is -0.0704. The van der Waals surface area contributed by atoms with Gasteiger partial charge in [0, 0.05) is 51.4 Å². The lowest BCUT2D eigenvalue weighted by Crippen LogP contribution is -2.49. The summed E-state index contributed by atoms with van der Waals surface area (Å²) in [5.41, 5.74) is 1.97. The van der Waals surface area contributed by atoms with Gasteiger partial charge < -0.3 is 14.5 Å². The van der Waals surface area contributed by atoms with Crippen molar-refractivity contribution in [3.63, 3.8) is 0 Å². The van der Waals surface area contributed by atoms with E-state index in [-0.39, 0.29) is 18.1 Å². The molecule has 0 bridgehead atoms. The summed E-state index contributed by atoms with van der Waals surface area (Å²) in [5, 5.41) is 0.493. The number of benzene rings is 1. The zero-order valence-electron chi connectivity index (χ0n) is 17.6. The monoisotopic (exact) mass is 428 g/mol. The average Bonchev–Trinajstić information content (AvgIpc) is 2.73. The molecule has 2 unspecified atom stereocenters. The largest absolute Gasteiger partial charge is 0.373 e. The van der Waals surface area contributed by atoms with E-state index in [0.717, 1.165) is 44.1 Å². The van der Waals surface area contributed by atoms with Gasteiger partial charge in [-0.2, -0.15) is 0 Å². The Morgan fingerprint density at radius 3 is 2.33 bits per heavy atom. The van der Waals surface area contributed by atoms with E-state index in [9.17, 15) is 4.79 Å². The third kappa shape index (κ3) is 5.12. The first kappa shape index (κ1) is 21.1. The number of hydrogen-bond donors (Lipinski definition) is 0. The maximum atomic E-state index is 12.9. The smallest absolute Gasteiger partial charge is 0.253 e. The minimum atomic E-state index is 0.0915. The molecule has 30 heavy (non-hydrogen) atoms. The van der Waals surface area contributed by atoms with Gasteiger partial charge in [0.05, 0.1) is 12.2 Å². The summed E-state index contributed by atoms with van der Waals surface area (Å²) in [6.07, 6.45) is 0.519. The molecule has 2 saturated heterocycles. The number of halogens is 1. The van der Waals surface area contributed by atoms with Crippen molar-refractivity contribution in [3.8, 4) is 0 Å². The van der Waals surface area contributed by atoms with E-state index in [2.05, 4.69) is 40.8 Å². The van der Waals surface area contributed by atoms with Crippen LogP contribution in [0.15, 0.2) is 42.5 Å². The van der Waals surface area contributed by atoms with Crippen molar-refractivity contribution in [1.82, 2.24) is 14.8 Å². The Morgan fingerprint density at radius 2 is 1.70 bits per heavy atom. The van der Waals surface area contributed by atoms with Crippen LogP contribution in [0.25, 0.3) is 0 Å². The Bertz CT molecular complexity index is 858. The van der Waals surface area contributed by atoms with Gasteiger partial charge in [-0.25, -0.2) is 4.98 Å². The van der Waals surface area contributed by atoms with Crippen LogP contribution in [-0.4, -0.2) is 72.2 Å². The summed E-state index contributed by atoms with van der Waals surface area (Å²) in [6.45, 7) is 9.87. The maximum Gasteiger partial charge on any atom is 0.253 e. The van der Waals surface area contributed by atoms with Gasteiger partial charge in [-0.3, -0.25) is 9.69 Å². The zero-order valence-corrected chi connectivity index (χ0v) is 18.4. The third-order valence-electron chi connectivity index (χ3n) is 5.69. The summed E-state index contributed by atoms with van der Waals surface area (Å²) in [7, 11) is 0. The predicted molar refractivity (Wildman–Crippen MR) is 119 cm³/mol. The van der Waals surface area contributed by atoms with Gasteiger partial charge >= 0.3 is 0 Å². The molecule has 4 rings (SSSR count). The van der Waals surface area contributed by atoms with Gasteiger partial charge in [-0.05, 0) is 43.7 Å². The number of piperazine rings is 1. The van der Waals surface area contributed by atoms with Crippen LogP contribution < -0.4 is 4.90 Å². The Kier molecular flexibility index (Phi) is 6.56. The number of hydrogen-bond acceptors (Lipinski definition) is 5. The number of carbonyl (C=O) groups excluding carboxylic acids is 1. The average molecular weight is 429 g/mol. The number of pyridine rings is 1. The van der Waals surface area contributed by atoms with Crippen LogP contribution in [0.5, 0.6) is 0 Å². The van der Waals surface area contributed by atoms with E-state index in [1.807, 2.05) is 29.2 Å². The molecule has 0 radical (unpaired) electrons. The maximum absolute atomic E-state index is 12.9. The SMILES string of the molecule is CC1CN(Cc2ccc(C(=O)N3CCN(c4cccc(Cl)n4)CC3)cc2)CC(C)O1. The number of ether oxygens (including phenoxy) is 1. The van der Waals surface area contributed by atoms with Crippen molar-refractivity contribution in [2.45, 2.75) is 32.6 Å². The highest BCUT2D eigenvalue weighted by atomic mass is 35.5. The molecule has 3 heterocycles. The lowest BCUT2D eigenvalue weighted by Gasteiger charge is -2.36. The van der Waals surface area contributed by atoms with Gasteiger partial charge in [0.25, 0.3) is 5.91 Å². The molecular weight excluding hydrogens is 400 g/mol. The second kappa shape index (κ2) is 9.33. The van der Waals surface area contributed by atoms with E-state index in [0.29, 0.717) is 18.2 Å². The number of anilines is 1. The van der Waals surface area contributed by atoms with Gasteiger partial charge in [-0.1, -0.05) is 29.8 Å². The molecule has 1 amide bonds. The zero-order chi connectivity index (χ0) is 21.1. The highest BCUT2D eigenvalue weighted by molar-refractivity contribution is 6.29. The topological polar surface area (TPSA) is 48.9 Å². The van der Waals surface area contributed by atoms with Gasteiger partial charge in [0.2, 0.25) is 0 Å². The fraction of sp³-hybridized carbons (Fsp3) is 0.478. The number of aromatic nitrogens is 1. The molecule has 0 saturated carbocycles. The van der Waals surface area contributed by atoms with Crippen LogP contribution in [0, 0.1) is 0 Å². The van der Waals surface area contributed by atoms with Crippen LogP contribution in [0.3, 0.4) is 0 Å². The first-order valence-electron chi connectivity index (χ1n) is 10.6. The number of rotatable bonds is 4. The summed E-state index contributed by atoms with van der Waals surface area (Å²) in [5.74, 6) is 0.958. The normalized spacial score (nSPS) is 22.9. The van der Waals surface area contributed by atoms with Crippen LogP contribution in [-0.2, 0) is 11.3 Å². The first-order valence-corrected chi connectivity index (χ1v) is 11.0. The molecule has 2 aliphatic rings. The van der Waals surface area contributed by atoms with Crippen molar-refractivity contribution >= 4 is 23.3 Å². The third-order valence-corrected chi connectivity index (χ3v) is 5.90. The Hall–Kier alpha value is -2.15. The molecule has 7 heteroatoms. The molecule has 160 valence electrons. The van der Waals surface area contributed by atoms with Gasteiger partial charge in [0.1, 0.15) is 11.0 Å².